The van der Waals surface area contributed by atoms with Gasteiger partial charge in [0.25, 0.3) is 5.56 Å². The number of hydrogen-bond donors (Lipinski definition) is 8. The molecule has 2 aliphatic heterocycles. The summed E-state index contributed by atoms with van der Waals surface area (Å²) in [7, 11) is -11.3. The second kappa shape index (κ2) is 15.2. The number of rotatable bonds is 13. The molecular weight excluding hydrogens is 666 g/mol. The molecule has 25 heteroatoms. The first kappa shape index (κ1) is 36.0. The quantitative estimate of drug-likeness (QED) is 0.0263. The Bertz CT molecular complexity index is 1470. The molecule has 3 heterocycles. The molecule has 0 radical (unpaired) electrons. The third kappa shape index (κ3) is 9.27. The molecule has 0 aromatic carbocycles. The molecule has 2 saturated heterocycles. The SMILES string of the molecule is [N-]=[N+]=NC[C@H]1O[C@H](OP(=O)(O)OP(=O)(O)OC[C@H]2O[C@@H](n3ccc(=O)[nH]c3=O)[C@H](O)[C@@H]2O)[C@H](NC(=O)/C=C/CCl)[C@@H](O)[C@@H]1O. The van der Waals surface area contributed by atoms with Crippen molar-refractivity contribution in [2.75, 3.05) is 19.0 Å². The van der Waals surface area contributed by atoms with Gasteiger partial charge in [-0.3, -0.25) is 28.2 Å². The number of hydrogen-bond acceptors (Lipinski definition) is 15. The Morgan fingerprint density at radius 3 is 2.45 bits per heavy atom. The van der Waals surface area contributed by atoms with Gasteiger partial charge in [0.1, 0.15) is 36.6 Å². The number of halogens is 1. The van der Waals surface area contributed by atoms with Gasteiger partial charge < -0.3 is 45.0 Å². The van der Waals surface area contributed by atoms with Gasteiger partial charge in [-0.05, 0) is 5.53 Å². The van der Waals surface area contributed by atoms with Crippen molar-refractivity contribution in [1.82, 2.24) is 14.9 Å². The third-order valence-electron chi connectivity index (χ3n) is 6.00. The van der Waals surface area contributed by atoms with Crippen LogP contribution in [0.3, 0.4) is 0 Å². The molecule has 1 amide bonds. The number of ether oxygens (including phenoxy) is 2. The maximum Gasteiger partial charge on any atom is 0.483 e. The minimum absolute atomic E-state index is 0.0897. The second-order valence-corrected chi connectivity index (χ2v) is 12.3. The zero-order chi connectivity index (χ0) is 32.8. The van der Waals surface area contributed by atoms with Crippen LogP contribution in [-0.2, 0) is 36.8 Å². The van der Waals surface area contributed by atoms with Crippen molar-refractivity contribution in [3.05, 3.63) is 55.7 Å². The van der Waals surface area contributed by atoms with Gasteiger partial charge in [-0.15, -0.1) is 11.6 Å². The first-order valence-corrected chi connectivity index (χ1v) is 15.7. The molecule has 2 fully saturated rings. The van der Waals surface area contributed by atoms with Crippen LogP contribution in [0.4, 0.5) is 0 Å². The summed E-state index contributed by atoms with van der Waals surface area (Å²) in [6, 6.07) is -0.886. The van der Waals surface area contributed by atoms with E-state index in [9.17, 15) is 53.7 Å². The third-order valence-corrected chi connectivity index (χ3v) is 8.78. The predicted molar refractivity (Wildman–Crippen MR) is 141 cm³/mol. The summed E-state index contributed by atoms with van der Waals surface area (Å²) in [6.45, 7) is -1.69. The van der Waals surface area contributed by atoms with Crippen LogP contribution >= 0.6 is 27.2 Å². The van der Waals surface area contributed by atoms with Crippen molar-refractivity contribution >= 4 is 33.2 Å². The molecule has 0 aliphatic carbocycles. The molecule has 2 aliphatic rings. The highest BCUT2D eigenvalue weighted by Gasteiger charge is 2.50. The summed E-state index contributed by atoms with van der Waals surface area (Å²) >= 11 is 5.46. The molecule has 0 bridgehead atoms. The smallest absolute Gasteiger partial charge is 0.388 e. The van der Waals surface area contributed by atoms with E-state index < -0.39 is 101 Å². The lowest BCUT2D eigenvalue weighted by atomic mass is 9.96. The fraction of sp³-hybridized carbons (Fsp3) is 0.632. The zero-order valence-electron chi connectivity index (χ0n) is 22.0. The maximum absolute atomic E-state index is 12.7. The Balaban J connectivity index is 1.70. The highest BCUT2D eigenvalue weighted by molar-refractivity contribution is 7.61. The summed E-state index contributed by atoms with van der Waals surface area (Å²) in [5.74, 6) is -1.02. The number of phosphoric acid groups is 2. The normalized spacial score (nSPS) is 33.3. The number of aliphatic hydroxyl groups is 4. The van der Waals surface area contributed by atoms with E-state index >= 15 is 0 Å². The zero-order valence-corrected chi connectivity index (χ0v) is 24.5. The Labute approximate surface area is 250 Å². The van der Waals surface area contributed by atoms with Crippen LogP contribution in [0.1, 0.15) is 6.23 Å². The fourth-order valence-corrected chi connectivity index (χ4v) is 6.26. The minimum Gasteiger partial charge on any atom is -0.388 e. The number of alkyl halides is 1. The summed E-state index contributed by atoms with van der Waals surface area (Å²) in [5, 5.41) is 46.6. The van der Waals surface area contributed by atoms with Gasteiger partial charge in [-0.2, -0.15) is 4.31 Å². The lowest BCUT2D eigenvalue weighted by Crippen LogP contribution is -2.64. The Kier molecular flexibility index (Phi) is 12.4. The van der Waals surface area contributed by atoms with E-state index in [1.54, 1.807) is 0 Å². The highest BCUT2D eigenvalue weighted by Crippen LogP contribution is 2.61. The van der Waals surface area contributed by atoms with Crippen LogP contribution in [0.25, 0.3) is 10.4 Å². The molecule has 3 rings (SSSR count). The van der Waals surface area contributed by atoms with Crippen molar-refractivity contribution in [3.8, 4) is 0 Å². The van der Waals surface area contributed by atoms with Crippen LogP contribution in [0.2, 0.25) is 0 Å². The summed E-state index contributed by atoms with van der Waals surface area (Å²) in [4.78, 5) is 60.0. The first-order chi connectivity index (χ1) is 20.6. The number of carbonyl (C=O) groups excluding carboxylic acids is 1. The van der Waals surface area contributed by atoms with E-state index in [2.05, 4.69) is 24.2 Å². The number of aromatic amines is 1. The number of azide groups is 1. The van der Waals surface area contributed by atoms with Crippen molar-refractivity contribution in [2.45, 2.75) is 55.2 Å². The average Bonchev–Trinajstić information content (AvgIpc) is 3.21. The number of phosphoric ester groups is 2. The highest BCUT2D eigenvalue weighted by atomic mass is 35.5. The summed E-state index contributed by atoms with van der Waals surface area (Å²) < 4.78 is 50.0. The molecule has 44 heavy (non-hydrogen) atoms. The van der Waals surface area contributed by atoms with Crippen LogP contribution in [0.15, 0.2) is 39.1 Å². The van der Waals surface area contributed by atoms with Crippen LogP contribution in [0.5, 0.6) is 0 Å². The van der Waals surface area contributed by atoms with Gasteiger partial charge in [0.05, 0.1) is 19.3 Å². The van der Waals surface area contributed by atoms with E-state index in [1.165, 1.54) is 6.08 Å². The Morgan fingerprint density at radius 1 is 1.14 bits per heavy atom. The maximum atomic E-state index is 12.7. The monoisotopic (exact) mass is 692 g/mol. The molecule has 0 saturated carbocycles. The molecule has 1 aromatic rings. The van der Waals surface area contributed by atoms with E-state index in [4.69, 9.17) is 31.1 Å². The standard InChI is InChI=1S/C19H27ClN6O16P2/c20-4-1-2-10(27)23-12-15(31)13(29)8(6-22-25-21)40-18(12)41-44(36,37)42-43(34,35)38-7-9-14(30)16(32)17(39-9)26-5-3-11(28)24-19(26)33/h1-3,5,8-9,12-18,29-32H,4,6-7H2,(H,23,27)(H,34,35)(H,36,37)(H,24,28,33)/b2-1+/t8-,9-,12-,13-,14-,15-,16-,17-,18-/m1/s1. The molecular formula is C19H27ClN6O16P2. The Morgan fingerprint density at radius 2 is 1.82 bits per heavy atom. The van der Waals surface area contributed by atoms with Crippen molar-refractivity contribution in [2.24, 2.45) is 5.11 Å². The van der Waals surface area contributed by atoms with Crippen LogP contribution in [0, 0.1) is 0 Å². The molecule has 2 unspecified atom stereocenters. The number of allylic oxidation sites excluding steroid dienone is 1. The molecule has 246 valence electrons. The van der Waals surface area contributed by atoms with E-state index in [1.807, 2.05) is 4.98 Å². The molecule has 8 N–H and O–H groups in total. The number of nitrogens with zero attached hydrogens (tertiary/aromatic N) is 4. The lowest BCUT2D eigenvalue weighted by molar-refractivity contribution is -0.238. The van der Waals surface area contributed by atoms with Gasteiger partial charge >= 0.3 is 21.3 Å². The van der Waals surface area contributed by atoms with E-state index in [0.717, 1.165) is 18.3 Å². The van der Waals surface area contributed by atoms with Gasteiger partial charge in [-0.25, -0.2) is 13.9 Å². The largest absolute Gasteiger partial charge is 0.483 e. The number of nitrogens with one attached hydrogen (secondary N) is 2. The van der Waals surface area contributed by atoms with E-state index in [-0.39, 0.29) is 5.88 Å². The predicted octanol–water partition coefficient (Wildman–Crippen LogP) is -2.56. The number of amides is 1. The molecule has 1 aromatic heterocycles. The van der Waals surface area contributed by atoms with Gasteiger partial charge in [0.15, 0.2) is 12.5 Å². The lowest BCUT2D eigenvalue weighted by Gasteiger charge is -2.42. The van der Waals surface area contributed by atoms with Crippen molar-refractivity contribution < 1.29 is 67.0 Å². The van der Waals surface area contributed by atoms with Crippen LogP contribution < -0.4 is 16.6 Å². The topological polar surface area (TPSA) is 334 Å². The fourth-order valence-electron chi connectivity index (χ4n) is 4.00. The molecule has 11 atom stereocenters. The first-order valence-electron chi connectivity index (χ1n) is 12.2. The number of aromatic nitrogens is 2. The average molecular weight is 693 g/mol. The summed E-state index contributed by atoms with van der Waals surface area (Å²) in [6.07, 6.45) is -11.3. The summed E-state index contributed by atoms with van der Waals surface area (Å²) in [5.41, 5.74) is 6.77. The van der Waals surface area contributed by atoms with Gasteiger partial charge in [0.2, 0.25) is 5.91 Å². The number of H-pyrrole nitrogens is 1. The van der Waals surface area contributed by atoms with Crippen molar-refractivity contribution in [1.29, 1.82) is 0 Å². The molecule has 22 nitrogen and oxygen atoms in total. The number of aliphatic hydroxyl groups excluding tert-OH is 4. The van der Waals surface area contributed by atoms with Gasteiger partial charge in [0, 0.05) is 29.1 Å². The minimum atomic E-state index is -5.72. The van der Waals surface area contributed by atoms with Crippen molar-refractivity contribution in [3.63, 3.8) is 0 Å². The Hall–Kier alpha value is -2.49. The second-order valence-electron chi connectivity index (χ2n) is 9.01. The van der Waals surface area contributed by atoms with Gasteiger partial charge in [-0.1, -0.05) is 11.2 Å². The molecule has 0 spiro atoms. The van der Waals surface area contributed by atoms with E-state index in [0.29, 0.717) is 4.57 Å². The van der Waals surface area contributed by atoms with Crippen LogP contribution in [-0.4, -0.2) is 114 Å². The number of carbonyl (C=O) groups is 1.